The van der Waals surface area contributed by atoms with Crippen LogP contribution in [0.4, 0.5) is 0 Å². The van der Waals surface area contributed by atoms with Crippen molar-refractivity contribution in [3.63, 3.8) is 0 Å². The molecule has 132 valence electrons. The highest BCUT2D eigenvalue weighted by Crippen LogP contribution is 2.36. The van der Waals surface area contributed by atoms with Crippen molar-refractivity contribution in [2.45, 2.75) is 77.7 Å². The highest BCUT2D eigenvalue weighted by molar-refractivity contribution is 5.84. The van der Waals surface area contributed by atoms with E-state index in [1.54, 1.807) is 13.8 Å². The summed E-state index contributed by atoms with van der Waals surface area (Å²) in [4.78, 5) is 34.4. The van der Waals surface area contributed by atoms with Crippen molar-refractivity contribution in [2.75, 3.05) is 6.61 Å². The SMILES string of the molecule is CCOC(=O)CCCCCC[C@H]1C(=O)C[C@H](O)[C@H]1CCC(C)=O. The molecule has 23 heavy (non-hydrogen) atoms. The van der Waals surface area contributed by atoms with Gasteiger partial charge in [0.25, 0.3) is 0 Å². The lowest BCUT2D eigenvalue weighted by Crippen LogP contribution is -2.21. The standard InChI is InChI=1S/C18H30O5/c1-3-23-18(22)9-7-5-4-6-8-14-15(11-10-13(2)19)17(21)12-16(14)20/h14-15,17,21H,3-12H2,1-2H3/t14-,15+,17+/m1/s1. The molecule has 1 aliphatic carbocycles. The van der Waals surface area contributed by atoms with E-state index >= 15 is 0 Å². The summed E-state index contributed by atoms with van der Waals surface area (Å²) in [6, 6.07) is 0. The zero-order valence-electron chi connectivity index (χ0n) is 14.4. The number of esters is 1. The lowest BCUT2D eigenvalue weighted by molar-refractivity contribution is -0.143. The Balaban J connectivity index is 2.24. The van der Waals surface area contributed by atoms with E-state index in [2.05, 4.69) is 0 Å². The number of aliphatic hydroxyl groups is 1. The van der Waals surface area contributed by atoms with Crippen LogP contribution < -0.4 is 0 Å². The average Bonchev–Trinajstić information content (AvgIpc) is 2.74. The Labute approximate surface area is 138 Å². The Morgan fingerprint density at radius 2 is 1.83 bits per heavy atom. The van der Waals surface area contributed by atoms with Crippen LogP contribution in [0, 0.1) is 11.8 Å². The average molecular weight is 326 g/mol. The largest absolute Gasteiger partial charge is 0.466 e. The fourth-order valence-corrected chi connectivity index (χ4v) is 3.37. The third kappa shape index (κ3) is 7.25. The first-order valence-corrected chi connectivity index (χ1v) is 8.81. The van der Waals surface area contributed by atoms with Crippen molar-refractivity contribution < 1.29 is 24.2 Å². The van der Waals surface area contributed by atoms with Crippen molar-refractivity contribution in [3.05, 3.63) is 0 Å². The smallest absolute Gasteiger partial charge is 0.305 e. The van der Waals surface area contributed by atoms with Gasteiger partial charge >= 0.3 is 5.97 Å². The molecule has 0 saturated heterocycles. The quantitative estimate of drug-likeness (QED) is 0.466. The number of carbonyl (C=O) groups is 3. The van der Waals surface area contributed by atoms with Crippen molar-refractivity contribution in [1.29, 1.82) is 0 Å². The summed E-state index contributed by atoms with van der Waals surface area (Å²) in [6.07, 6.45) is 5.57. The first-order chi connectivity index (χ1) is 11.0. The van der Waals surface area contributed by atoms with Gasteiger partial charge in [-0.25, -0.2) is 0 Å². The van der Waals surface area contributed by atoms with Gasteiger partial charge in [-0.1, -0.05) is 19.3 Å². The van der Waals surface area contributed by atoms with Crippen molar-refractivity contribution in [2.24, 2.45) is 11.8 Å². The van der Waals surface area contributed by atoms with E-state index in [-0.39, 0.29) is 35.8 Å². The fourth-order valence-electron chi connectivity index (χ4n) is 3.37. The molecule has 3 atom stereocenters. The second-order valence-corrected chi connectivity index (χ2v) is 6.51. The van der Waals surface area contributed by atoms with Gasteiger partial charge in [-0.2, -0.15) is 0 Å². The van der Waals surface area contributed by atoms with E-state index in [1.807, 2.05) is 0 Å². The number of hydrogen-bond acceptors (Lipinski definition) is 5. The first-order valence-electron chi connectivity index (χ1n) is 8.81. The molecule has 0 aromatic carbocycles. The second-order valence-electron chi connectivity index (χ2n) is 6.51. The Morgan fingerprint density at radius 3 is 2.48 bits per heavy atom. The summed E-state index contributed by atoms with van der Waals surface area (Å²) < 4.78 is 4.88. The molecule has 0 aliphatic heterocycles. The van der Waals surface area contributed by atoms with Gasteiger partial charge in [0.2, 0.25) is 0 Å². The van der Waals surface area contributed by atoms with Crippen LogP contribution in [0.1, 0.15) is 71.6 Å². The Morgan fingerprint density at radius 1 is 1.13 bits per heavy atom. The molecule has 0 aromatic heterocycles. The Kier molecular flexibility index (Phi) is 9.07. The Bertz CT molecular complexity index is 404. The van der Waals surface area contributed by atoms with Crippen LogP contribution in [0.5, 0.6) is 0 Å². The number of hydrogen-bond donors (Lipinski definition) is 1. The maximum absolute atomic E-state index is 12.0. The van der Waals surface area contributed by atoms with Crippen LogP contribution in [-0.4, -0.2) is 35.4 Å². The molecular weight excluding hydrogens is 296 g/mol. The van der Waals surface area contributed by atoms with E-state index in [0.717, 1.165) is 32.1 Å². The molecule has 5 heteroatoms. The second kappa shape index (κ2) is 10.5. The number of rotatable bonds is 11. The molecule has 0 amide bonds. The molecule has 0 spiro atoms. The van der Waals surface area contributed by atoms with Crippen molar-refractivity contribution in [1.82, 2.24) is 0 Å². The number of aliphatic hydroxyl groups excluding tert-OH is 1. The zero-order valence-corrected chi connectivity index (χ0v) is 14.4. The molecule has 1 N–H and O–H groups in total. The van der Waals surface area contributed by atoms with Gasteiger partial charge in [-0.05, 0) is 39.0 Å². The molecule has 0 bridgehead atoms. The van der Waals surface area contributed by atoms with Gasteiger partial charge in [-0.3, -0.25) is 9.59 Å². The van der Waals surface area contributed by atoms with Crippen LogP contribution in [0.25, 0.3) is 0 Å². The van der Waals surface area contributed by atoms with E-state index in [9.17, 15) is 19.5 Å². The van der Waals surface area contributed by atoms with E-state index in [0.29, 0.717) is 25.9 Å². The molecule has 0 aromatic rings. The number of unbranched alkanes of at least 4 members (excludes halogenated alkanes) is 3. The van der Waals surface area contributed by atoms with Gasteiger partial charge < -0.3 is 14.6 Å². The zero-order chi connectivity index (χ0) is 17.2. The third-order valence-electron chi connectivity index (χ3n) is 4.62. The van der Waals surface area contributed by atoms with Crippen LogP contribution in [-0.2, 0) is 19.1 Å². The molecule has 0 unspecified atom stereocenters. The van der Waals surface area contributed by atoms with Gasteiger partial charge in [0, 0.05) is 25.2 Å². The third-order valence-corrected chi connectivity index (χ3v) is 4.62. The molecule has 1 rings (SSSR count). The van der Waals surface area contributed by atoms with Gasteiger partial charge in [0.15, 0.2) is 0 Å². The van der Waals surface area contributed by atoms with Crippen LogP contribution >= 0.6 is 0 Å². The summed E-state index contributed by atoms with van der Waals surface area (Å²) in [5.74, 6) is -0.0712. The van der Waals surface area contributed by atoms with Gasteiger partial charge in [0.1, 0.15) is 11.6 Å². The minimum atomic E-state index is -0.587. The monoisotopic (exact) mass is 326 g/mol. The molecule has 0 radical (unpaired) electrons. The predicted molar refractivity (Wildman–Crippen MR) is 86.9 cm³/mol. The molecule has 0 heterocycles. The number of Topliss-reactive ketones (excluding diaryl/α,β-unsaturated/α-hetero) is 2. The summed E-state index contributed by atoms with van der Waals surface area (Å²) >= 11 is 0. The number of ketones is 2. The minimum Gasteiger partial charge on any atom is -0.466 e. The molecule has 1 fully saturated rings. The van der Waals surface area contributed by atoms with Gasteiger partial charge in [-0.15, -0.1) is 0 Å². The van der Waals surface area contributed by atoms with Gasteiger partial charge in [0.05, 0.1) is 12.7 Å². The lowest BCUT2D eigenvalue weighted by atomic mass is 9.85. The normalized spacial score (nSPS) is 24.0. The minimum absolute atomic E-state index is 0.0640. The number of carbonyl (C=O) groups excluding carboxylic acids is 3. The summed E-state index contributed by atoms with van der Waals surface area (Å²) in [6.45, 7) is 3.77. The van der Waals surface area contributed by atoms with Crippen LogP contribution in [0.15, 0.2) is 0 Å². The molecular formula is C18H30O5. The van der Waals surface area contributed by atoms with Crippen LogP contribution in [0.2, 0.25) is 0 Å². The van der Waals surface area contributed by atoms with E-state index < -0.39 is 6.10 Å². The topological polar surface area (TPSA) is 80.7 Å². The molecule has 1 aliphatic rings. The van der Waals surface area contributed by atoms with Crippen molar-refractivity contribution in [3.8, 4) is 0 Å². The maximum atomic E-state index is 12.0. The molecule has 5 nitrogen and oxygen atoms in total. The fraction of sp³-hybridized carbons (Fsp3) is 0.833. The highest BCUT2D eigenvalue weighted by atomic mass is 16.5. The summed E-state index contributed by atoms with van der Waals surface area (Å²) in [5, 5.41) is 10.0. The summed E-state index contributed by atoms with van der Waals surface area (Å²) in [5.41, 5.74) is 0. The predicted octanol–water partition coefficient (Wildman–Crippen LogP) is 2.83. The molecule has 1 saturated carbocycles. The highest BCUT2D eigenvalue weighted by Gasteiger charge is 2.40. The maximum Gasteiger partial charge on any atom is 0.305 e. The van der Waals surface area contributed by atoms with Crippen LogP contribution in [0.3, 0.4) is 0 Å². The van der Waals surface area contributed by atoms with Crippen molar-refractivity contribution >= 4 is 17.5 Å². The lowest BCUT2D eigenvalue weighted by Gasteiger charge is -2.20. The Hall–Kier alpha value is -1.23. The summed E-state index contributed by atoms with van der Waals surface area (Å²) in [7, 11) is 0. The van der Waals surface area contributed by atoms with E-state index in [4.69, 9.17) is 4.74 Å². The number of ether oxygens (including phenoxy) is 1. The van der Waals surface area contributed by atoms with E-state index in [1.165, 1.54) is 0 Å². The first kappa shape index (κ1) is 19.8.